The molecule has 0 spiro atoms. The lowest BCUT2D eigenvalue weighted by atomic mass is 10.0. The molecular weight excluding hydrogens is 489 g/mol. The van der Waals surface area contributed by atoms with Gasteiger partial charge in [0, 0.05) is 43.0 Å². The zero-order valence-electron chi connectivity index (χ0n) is 21.2. The van der Waals surface area contributed by atoms with Crippen LogP contribution in [-0.2, 0) is 16.1 Å². The fourth-order valence-electron chi connectivity index (χ4n) is 4.72. The number of hydrogen-bond donors (Lipinski definition) is 0. The summed E-state index contributed by atoms with van der Waals surface area (Å²) in [6.45, 7) is 9.20. The molecule has 0 bridgehead atoms. The Hall–Kier alpha value is -4.12. The Morgan fingerprint density at radius 1 is 1.26 bits per heavy atom. The van der Waals surface area contributed by atoms with Crippen molar-refractivity contribution in [3.63, 3.8) is 0 Å². The maximum Gasteiger partial charge on any atom is 0.414 e. The molecule has 1 aromatic carbocycles. The average Bonchev–Trinajstić information content (AvgIpc) is 3.67. The van der Waals surface area contributed by atoms with Gasteiger partial charge in [0.1, 0.15) is 23.7 Å². The molecule has 4 heterocycles. The van der Waals surface area contributed by atoms with Gasteiger partial charge in [-0.05, 0) is 37.2 Å². The first-order valence-corrected chi connectivity index (χ1v) is 12.7. The minimum Gasteiger partial charge on any atom is -0.442 e. The van der Waals surface area contributed by atoms with Gasteiger partial charge in [-0.25, -0.2) is 13.9 Å². The highest BCUT2D eigenvalue weighted by Crippen LogP contribution is 2.29. The molecule has 0 aliphatic carbocycles. The normalized spacial score (nSPS) is 19.0. The van der Waals surface area contributed by atoms with Gasteiger partial charge >= 0.3 is 6.09 Å². The van der Waals surface area contributed by atoms with E-state index in [1.807, 2.05) is 18.2 Å². The number of cyclic esters (lactones) is 1. The molecule has 0 radical (unpaired) electrons. The van der Waals surface area contributed by atoms with E-state index in [9.17, 15) is 4.79 Å². The summed E-state index contributed by atoms with van der Waals surface area (Å²) in [5.74, 6) is -0.454. The van der Waals surface area contributed by atoms with Crippen molar-refractivity contribution in [1.29, 1.82) is 0 Å². The van der Waals surface area contributed by atoms with Crippen molar-refractivity contribution in [3.05, 3.63) is 73.1 Å². The number of oxime groups is 1. The lowest BCUT2D eigenvalue weighted by Crippen LogP contribution is -2.33. The quantitative estimate of drug-likeness (QED) is 0.355. The molecule has 1 amide bonds. The number of rotatable bonds is 11. The molecule has 10 nitrogen and oxygen atoms in total. The van der Waals surface area contributed by atoms with Crippen LogP contribution in [0.25, 0.3) is 11.1 Å². The SMILES string of the molecule is C=CCN(CCC)CC1CC(c2ccc(-c3ccc(N4CC(Cn5ccnn5)OC4=O)cc3F)cn2)=NO1. The van der Waals surface area contributed by atoms with Gasteiger partial charge in [0.15, 0.2) is 0 Å². The average molecular weight is 520 g/mol. The highest BCUT2D eigenvalue weighted by atomic mass is 19.1. The van der Waals surface area contributed by atoms with Crippen molar-refractivity contribution >= 4 is 17.5 Å². The van der Waals surface area contributed by atoms with Gasteiger partial charge in [-0.1, -0.05) is 29.4 Å². The van der Waals surface area contributed by atoms with Gasteiger partial charge < -0.3 is 9.57 Å². The molecule has 5 rings (SSSR count). The molecule has 0 saturated carbocycles. The summed E-state index contributed by atoms with van der Waals surface area (Å²) >= 11 is 0. The first kappa shape index (κ1) is 25.5. The zero-order valence-corrected chi connectivity index (χ0v) is 21.2. The Morgan fingerprint density at radius 3 is 2.87 bits per heavy atom. The van der Waals surface area contributed by atoms with E-state index in [2.05, 4.69) is 38.9 Å². The second-order valence-electron chi connectivity index (χ2n) is 9.36. The van der Waals surface area contributed by atoms with Gasteiger partial charge in [0.05, 0.1) is 30.7 Å². The van der Waals surface area contributed by atoms with Crippen molar-refractivity contribution in [3.8, 4) is 11.1 Å². The van der Waals surface area contributed by atoms with Crippen LogP contribution in [0.1, 0.15) is 25.5 Å². The Labute approximate surface area is 220 Å². The summed E-state index contributed by atoms with van der Waals surface area (Å²) in [6.07, 6.45) is 7.54. The third kappa shape index (κ3) is 5.72. The fraction of sp³-hybridized carbons (Fsp3) is 0.370. The van der Waals surface area contributed by atoms with Crippen LogP contribution in [0.5, 0.6) is 0 Å². The van der Waals surface area contributed by atoms with E-state index < -0.39 is 18.0 Å². The summed E-state index contributed by atoms with van der Waals surface area (Å²) in [4.78, 5) is 26.3. The van der Waals surface area contributed by atoms with E-state index in [0.29, 0.717) is 42.0 Å². The van der Waals surface area contributed by atoms with E-state index in [1.165, 1.54) is 11.0 Å². The number of benzene rings is 1. The molecule has 1 fully saturated rings. The summed E-state index contributed by atoms with van der Waals surface area (Å²) in [5, 5.41) is 11.9. The van der Waals surface area contributed by atoms with Gasteiger partial charge in [-0.3, -0.25) is 14.8 Å². The van der Waals surface area contributed by atoms with E-state index >= 15 is 4.39 Å². The smallest absolute Gasteiger partial charge is 0.414 e. The zero-order chi connectivity index (χ0) is 26.5. The predicted octanol–water partition coefficient (Wildman–Crippen LogP) is 3.90. The molecule has 2 atom stereocenters. The van der Waals surface area contributed by atoms with Crippen molar-refractivity contribution in [1.82, 2.24) is 24.9 Å². The predicted molar refractivity (Wildman–Crippen MR) is 140 cm³/mol. The number of pyridine rings is 1. The number of carbonyl (C=O) groups excluding carboxylic acids is 1. The lowest BCUT2D eigenvalue weighted by Gasteiger charge is -2.22. The highest BCUT2D eigenvalue weighted by Gasteiger charge is 2.33. The Balaban J connectivity index is 1.21. The number of anilines is 1. The number of ether oxygens (including phenoxy) is 1. The second-order valence-corrected chi connectivity index (χ2v) is 9.36. The third-order valence-electron chi connectivity index (χ3n) is 6.49. The Bertz CT molecular complexity index is 1300. The molecule has 2 unspecified atom stereocenters. The Kier molecular flexibility index (Phi) is 7.73. The summed E-state index contributed by atoms with van der Waals surface area (Å²) in [5.41, 5.74) is 2.93. The molecule has 2 aromatic heterocycles. The van der Waals surface area contributed by atoms with Crippen LogP contribution in [0, 0.1) is 5.82 Å². The molecule has 38 heavy (non-hydrogen) atoms. The number of aromatic nitrogens is 4. The van der Waals surface area contributed by atoms with Gasteiger partial charge in [-0.2, -0.15) is 0 Å². The van der Waals surface area contributed by atoms with E-state index in [1.54, 1.807) is 35.4 Å². The number of amides is 1. The third-order valence-corrected chi connectivity index (χ3v) is 6.49. The number of halogens is 1. The van der Waals surface area contributed by atoms with E-state index in [-0.39, 0.29) is 6.10 Å². The number of nitrogens with zero attached hydrogens (tertiary/aromatic N) is 7. The summed E-state index contributed by atoms with van der Waals surface area (Å²) in [7, 11) is 0. The largest absolute Gasteiger partial charge is 0.442 e. The molecule has 1 saturated heterocycles. The maximum absolute atomic E-state index is 15.1. The van der Waals surface area contributed by atoms with Gasteiger partial charge in [-0.15, -0.1) is 11.7 Å². The van der Waals surface area contributed by atoms with Crippen molar-refractivity contribution < 1.29 is 18.8 Å². The minimum atomic E-state index is -0.520. The van der Waals surface area contributed by atoms with Crippen LogP contribution in [0.4, 0.5) is 14.9 Å². The summed E-state index contributed by atoms with van der Waals surface area (Å²) in [6, 6.07) is 8.33. The van der Waals surface area contributed by atoms with Crippen LogP contribution in [0.15, 0.2) is 66.7 Å². The standard InChI is InChI=1S/C27H30FN7O3/c1-3-10-33(11-4-2)16-21-14-26(31-38-21)25-8-5-19(15-29-25)23-7-6-20(13-24(23)28)35-18-22(37-27(35)36)17-34-12-9-30-32-34/h3,5-9,12-13,15,21-22H,1,4,10-11,14,16-18H2,2H3. The summed E-state index contributed by atoms with van der Waals surface area (Å²) < 4.78 is 22.1. The van der Waals surface area contributed by atoms with Gasteiger partial charge in [0.2, 0.25) is 0 Å². The molecule has 2 aliphatic heterocycles. The van der Waals surface area contributed by atoms with Crippen LogP contribution in [0.3, 0.4) is 0 Å². The maximum atomic E-state index is 15.1. The molecule has 198 valence electrons. The van der Waals surface area contributed by atoms with E-state index in [4.69, 9.17) is 9.57 Å². The first-order valence-electron chi connectivity index (χ1n) is 12.7. The van der Waals surface area contributed by atoms with Crippen LogP contribution in [0.2, 0.25) is 0 Å². The fourth-order valence-corrected chi connectivity index (χ4v) is 4.72. The van der Waals surface area contributed by atoms with Crippen LogP contribution < -0.4 is 4.90 Å². The van der Waals surface area contributed by atoms with Gasteiger partial charge in [0.25, 0.3) is 0 Å². The van der Waals surface area contributed by atoms with Crippen molar-refractivity contribution in [2.75, 3.05) is 31.1 Å². The molecule has 11 heteroatoms. The first-order chi connectivity index (χ1) is 18.5. The lowest BCUT2D eigenvalue weighted by molar-refractivity contribution is 0.0557. The van der Waals surface area contributed by atoms with Crippen LogP contribution >= 0.6 is 0 Å². The topological polar surface area (TPSA) is 98.0 Å². The minimum absolute atomic E-state index is 0.0314. The molecular formula is C27H30FN7O3. The van der Waals surface area contributed by atoms with Crippen molar-refractivity contribution in [2.24, 2.45) is 5.16 Å². The molecule has 0 N–H and O–H groups in total. The van der Waals surface area contributed by atoms with Crippen LogP contribution in [-0.4, -0.2) is 75.1 Å². The highest BCUT2D eigenvalue weighted by molar-refractivity contribution is 5.99. The second kappa shape index (κ2) is 11.5. The Morgan fingerprint density at radius 2 is 2.16 bits per heavy atom. The van der Waals surface area contributed by atoms with Crippen molar-refractivity contribution in [2.45, 2.75) is 38.5 Å². The molecule has 3 aromatic rings. The van der Waals surface area contributed by atoms with E-state index in [0.717, 1.165) is 31.8 Å². The number of hydrogen-bond acceptors (Lipinski definition) is 8. The molecule has 2 aliphatic rings. The number of carbonyl (C=O) groups is 1. The monoisotopic (exact) mass is 519 g/mol.